The van der Waals surface area contributed by atoms with Crippen LogP contribution in [0.4, 0.5) is 17.3 Å². The highest BCUT2D eigenvalue weighted by Crippen LogP contribution is 2.29. The number of rotatable bonds is 2. The summed E-state index contributed by atoms with van der Waals surface area (Å²) in [6.45, 7) is 5.21. The molecule has 1 aromatic heterocycles. The third kappa shape index (κ3) is 2.52. The Morgan fingerprint density at radius 2 is 2.22 bits per heavy atom. The first-order chi connectivity index (χ1) is 8.47. The summed E-state index contributed by atoms with van der Waals surface area (Å²) in [5, 5.41) is 10.8. The molecule has 2 unspecified atom stereocenters. The van der Waals surface area contributed by atoms with Crippen LogP contribution in [-0.4, -0.2) is 22.5 Å². The zero-order chi connectivity index (χ0) is 13.3. The molecule has 1 aliphatic rings. The van der Waals surface area contributed by atoms with Gasteiger partial charge in [0, 0.05) is 12.6 Å². The van der Waals surface area contributed by atoms with Gasteiger partial charge in [-0.15, -0.1) is 0 Å². The first kappa shape index (κ1) is 12.6. The number of aromatic nitrogens is 1. The van der Waals surface area contributed by atoms with Crippen molar-refractivity contribution >= 4 is 17.3 Å². The van der Waals surface area contributed by atoms with Crippen molar-refractivity contribution in [3.8, 4) is 0 Å². The van der Waals surface area contributed by atoms with Gasteiger partial charge in [-0.3, -0.25) is 10.1 Å². The summed E-state index contributed by atoms with van der Waals surface area (Å²) in [5.41, 5.74) is 5.64. The van der Waals surface area contributed by atoms with E-state index < -0.39 is 4.92 Å². The lowest BCUT2D eigenvalue weighted by molar-refractivity contribution is -0.384. The SMILES string of the molecule is CC1CCN(c2cc([N+](=O)[O-])cc(N)n2)C(C)C1. The summed E-state index contributed by atoms with van der Waals surface area (Å²) in [6.07, 6.45) is 2.15. The third-order valence-corrected chi connectivity index (χ3v) is 3.46. The molecule has 18 heavy (non-hydrogen) atoms. The molecule has 0 spiro atoms. The second-order valence-electron chi connectivity index (χ2n) is 5.04. The maximum Gasteiger partial charge on any atom is 0.276 e. The summed E-state index contributed by atoms with van der Waals surface area (Å²) < 4.78 is 0. The van der Waals surface area contributed by atoms with E-state index in [1.54, 1.807) is 0 Å². The molecule has 2 atom stereocenters. The molecule has 0 aliphatic carbocycles. The van der Waals surface area contributed by atoms with E-state index in [4.69, 9.17) is 5.73 Å². The zero-order valence-corrected chi connectivity index (χ0v) is 10.7. The van der Waals surface area contributed by atoms with Gasteiger partial charge in [-0.05, 0) is 25.7 Å². The van der Waals surface area contributed by atoms with E-state index >= 15 is 0 Å². The molecule has 2 rings (SSSR count). The van der Waals surface area contributed by atoms with Crippen LogP contribution in [0, 0.1) is 16.0 Å². The molecule has 1 fully saturated rings. The van der Waals surface area contributed by atoms with Crippen molar-refractivity contribution < 1.29 is 4.92 Å². The van der Waals surface area contributed by atoms with E-state index in [0.717, 1.165) is 19.4 Å². The second-order valence-corrected chi connectivity index (χ2v) is 5.04. The summed E-state index contributed by atoms with van der Waals surface area (Å²) >= 11 is 0. The normalized spacial score (nSPS) is 24.0. The number of piperidine rings is 1. The quantitative estimate of drug-likeness (QED) is 0.642. The molecule has 0 radical (unpaired) electrons. The maximum absolute atomic E-state index is 10.8. The van der Waals surface area contributed by atoms with Crippen molar-refractivity contribution in [1.82, 2.24) is 4.98 Å². The number of nitrogens with zero attached hydrogens (tertiary/aromatic N) is 3. The van der Waals surface area contributed by atoms with E-state index in [0.29, 0.717) is 17.8 Å². The average Bonchev–Trinajstić information content (AvgIpc) is 2.27. The summed E-state index contributed by atoms with van der Waals surface area (Å²) in [7, 11) is 0. The molecule has 0 bridgehead atoms. The molecular formula is C12H18N4O2. The van der Waals surface area contributed by atoms with Crippen molar-refractivity contribution in [2.75, 3.05) is 17.2 Å². The highest BCUT2D eigenvalue weighted by atomic mass is 16.6. The Morgan fingerprint density at radius 3 is 2.83 bits per heavy atom. The topological polar surface area (TPSA) is 85.3 Å². The summed E-state index contributed by atoms with van der Waals surface area (Å²) in [4.78, 5) is 16.7. The number of hydrogen-bond donors (Lipinski definition) is 1. The van der Waals surface area contributed by atoms with Crippen LogP contribution in [0.3, 0.4) is 0 Å². The molecule has 6 heteroatoms. The molecule has 2 N–H and O–H groups in total. The van der Waals surface area contributed by atoms with E-state index in [1.165, 1.54) is 12.1 Å². The van der Waals surface area contributed by atoms with Gasteiger partial charge < -0.3 is 10.6 Å². The van der Waals surface area contributed by atoms with Gasteiger partial charge in [0.1, 0.15) is 11.6 Å². The fourth-order valence-corrected chi connectivity index (χ4v) is 2.52. The maximum atomic E-state index is 10.8. The fraction of sp³-hybridized carbons (Fsp3) is 0.583. The predicted octanol–water partition coefficient (Wildman–Crippen LogP) is 2.20. The smallest absolute Gasteiger partial charge is 0.276 e. The van der Waals surface area contributed by atoms with Gasteiger partial charge in [-0.25, -0.2) is 4.98 Å². The largest absolute Gasteiger partial charge is 0.383 e. The molecule has 0 saturated carbocycles. The Hall–Kier alpha value is -1.85. The van der Waals surface area contributed by atoms with E-state index in [9.17, 15) is 10.1 Å². The zero-order valence-electron chi connectivity index (χ0n) is 10.7. The molecule has 2 heterocycles. The van der Waals surface area contributed by atoms with Crippen LogP contribution < -0.4 is 10.6 Å². The highest BCUT2D eigenvalue weighted by Gasteiger charge is 2.25. The molecule has 0 amide bonds. The first-order valence-electron chi connectivity index (χ1n) is 6.16. The van der Waals surface area contributed by atoms with Crippen molar-refractivity contribution in [2.24, 2.45) is 5.92 Å². The van der Waals surface area contributed by atoms with Crippen molar-refractivity contribution in [3.63, 3.8) is 0 Å². The Labute approximate surface area is 106 Å². The van der Waals surface area contributed by atoms with Crippen LogP contribution in [0.1, 0.15) is 26.7 Å². The third-order valence-electron chi connectivity index (χ3n) is 3.46. The van der Waals surface area contributed by atoms with Crippen molar-refractivity contribution in [2.45, 2.75) is 32.7 Å². The van der Waals surface area contributed by atoms with Crippen LogP contribution in [-0.2, 0) is 0 Å². The van der Waals surface area contributed by atoms with Gasteiger partial charge in [0.05, 0.1) is 17.1 Å². The lowest BCUT2D eigenvalue weighted by atomic mass is 9.93. The Kier molecular flexibility index (Phi) is 3.36. The minimum Gasteiger partial charge on any atom is -0.383 e. The van der Waals surface area contributed by atoms with Gasteiger partial charge in [0.15, 0.2) is 0 Å². The van der Waals surface area contributed by atoms with Crippen molar-refractivity contribution in [1.29, 1.82) is 0 Å². The Balaban J connectivity index is 2.30. The standard InChI is InChI=1S/C12H18N4O2/c1-8-3-4-15(9(2)5-8)12-7-10(16(17)18)6-11(13)14-12/h6-9H,3-5H2,1-2H3,(H2,13,14). The second kappa shape index (κ2) is 4.80. The van der Waals surface area contributed by atoms with Crippen LogP contribution in [0.5, 0.6) is 0 Å². The van der Waals surface area contributed by atoms with Crippen LogP contribution in [0.15, 0.2) is 12.1 Å². The monoisotopic (exact) mass is 250 g/mol. The number of nitrogen functional groups attached to an aromatic ring is 1. The van der Waals surface area contributed by atoms with Crippen LogP contribution in [0.25, 0.3) is 0 Å². The van der Waals surface area contributed by atoms with Crippen molar-refractivity contribution in [3.05, 3.63) is 22.2 Å². The van der Waals surface area contributed by atoms with Gasteiger partial charge in [-0.1, -0.05) is 6.92 Å². The molecule has 1 aromatic rings. The number of hydrogen-bond acceptors (Lipinski definition) is 5. The summed E-state index contributed by atoms with van der Waals surface area (Å²) in [5.74, 6) is 1.50. The lowest BCUT2D eigenvalue weighted by Gasteiger charge is -2.37. The van der Waals surface area contributed by atoms with Crippen LogP contribution >= 0.6 is 0 Å². The molecule has 98 valence electrons. The number of anilines is 2. The van der Waals surface area contributed by atoms with E-state index in [1.807, 2.05) is 0 Å². The van der Waals surface area contributed by atoms with Gasteiger partial charge in [-0.2, -0.15) is 0 Å². The van der Waals surface area contributed by atoms with Gasteiger partial charge >= 0.3 is 0 Å². The van der Waals surface area contributed by atoms with Gasteiger partial charge in [0.25, 0.3) is 5.69 Å². The molecular weight excluding hydrogens is 232 g/mol. The molecule has 1 saturated heterocycles. The predicted molar refractivity (Wildman–Crippen MR) is 70.5 cm³/mol. The van der Waals surface area contributed by atoms with Gasteiger partial charge in [0.2, 0.25) is 0 Å². The summed E-state index contributed by atoms with van der Waals surface area (Å²) in [6, 6.07) is 3.13. The Morgan fingerprint density at radius 1 is 1.50 bits per heavy atom. The molecule has 6 nitrogen and oxygen atoms in total. The number of pyridine rings is 1. The molecule has 1 aliphatic heterocycles. The first-order valence-corrected chi connectivity index (χ1v) is 6.16. The van der Waals surface area contributed by atoms with Crippen LogP contribution in [0.2, 0.25) is 0 Å². The average molecular weight is 250 g/mol. The fourth-order valence-electron chi connectivity index (χ4n) is 2.52. The van der Waals surface area contributed by atoms with E-state index in [2.05, 4.69) is 23.7 Å². The van der Waals surface area contributed by atoms with E-state index in [-0.39, 0.29) is 11.5 Å². The minimum atomic E-state index is -0.432. The highest BCUT2D eigenvalue weighted by molar-refractivity contribution is 5.54. The lowest BCUT2D eigenvalue weighted by Crippen LogP contribution is -2.40. The number of nitro groups is 1. The molecule has 0 aromatic carbocycles. The minimum absolute atomic E-state index is 0.00308. The Bertz CT molecular complexity index is 463. The number of nitrogens with two attached hydrogens (primary N) is 1.